The maximum atomic E-state index is 12.2. The first-order chi connectivity index (χ1) is 11.5. The Morgan fingerprint density at radius 1 is 1.38 bits per heavy atom. The minimum absolute atomic E-state index is 0.0328. The summed E-state index contributed by atoms with van der Waals surface area (Å²) < 4.78 is 0. The predicted molar refractivity (Wildman–Crippen MR) is 91.9 cm³/mol. The van der Waals surface area contributed by atoms with Crippen molar-refractivity contribution in [1.29, 1.82) is 0 Å². The summed E-state index contributed by atoms with van der Waals surface area (Å²) in [5.41, 5.74) is 1.56. The monoisotopic (exact) mass is 329 g/mol. The largest absolute Gasteiger partial charge is 0.481 e. The summed E-state index contributed by atoms with van der Waals surface area (Å²) in [4.78, 5) is 31.4. The van der Waals surface area contributed by atoms with Crippen molar-refractivity contribution in [3.8, 4) is 0 Å². The van der Waals surface area contributed by atoms with Crippen LogP contribution in [0.3, 0.4) is 0 Å². The molecule has 1 heterocycles. The van der Waals surface area contributed by atoms with Crippen molar-refractivity contribution in [2.45, 2.75) is 51.9 Å². The molecule has 0 unspecified atom stereocenters. The number of carbonyl (C=O) groups is 2. The quantitative estimate of drug-likeness (QED) is 0.724. The normalized spacial score (nSPS) is 15.9. The number of hydrogen-bond acceptors (Lipinski definition) is 3. The second-order valence-electron chi connectivity index (χ2n) is 6.68. The van der Waals surface area contributed by atoms with Gasteiger partial charge in [-0.25, -0.2) is 4.98 Å². The Hall–Kier alpha value is -2.37. The summed E-state index contributed by atoms with van der Waals surface area (Å²) in [5.74, 6) is -0.162. The number of aryl methyl sites for hydroxylation is 1. The number of rotatable bonds is 7. The van der Waals surface area contributed by atoms with Crippen LogP contribution in [0.15, 0.2) is 18.2 Å². The summed E-state index contributed by atoms with van der Waals surface area (Å²) in [7, 11) is 0. The first-order valence-corrected chi connectivity index (χ1v) is 8.54. The minimum atomic E-state index is -0.867. The van der Waals surface area contributed by atoms with Crippen LogP contribution in [-0.4, -0.2) is 27.0 Å². The van der Waals surface area contributed by atoms with Crippen LogP contribution >= 0.6 is 0 Å². The zero-order valence-electron chi connectivity index (χ0n) is 13.9. The van der Waals surface area contributed by atoms with Crippen LogP contribution in [0.4, 0.5) is 5.69 Å². The fourth-order valence-electron chi connectivity index (χ4n) is 3.19. The fraction of sp³-hybridized carbons (Fsp3) is 0.500. The number of carboxylic acids is 1. The number of nitrogens with one attached hydrogen (secondary N) is 2. The molecular formula is C18H23N3O3. The van der Waals surface area contributed by atoms with E-state index in [4.69, 9.17) is 0 Å². The molecule has 6 heteroatoms. The molecule has 1 aromatic carbocycles. The van der Waals surface area contributed by atoms with Gasteiger partial charge in [-0.15, -0.1) is 0 Å². The van der Waals surface area contributed by atoms with Crippen LogP contribution in [0, 0.1) is 5.41 Å². The molecule has 0 aliphatic heterocycles. The van der Waals surface area contributed by atoms with E-state index in [9.17, 15) is 14.7 Å². The molecule has 1 fully saturated rings. The first kappa shape index (κ1) is 16.5. The number of H-pyrrole nitrogens is 1. The number of carboxylic acid groups (broad SMARTS) is 1. The van der Waals surface area contributed by atoms with Gasteiger partial charge in [0.2, 0.25) is 5.91 Å². The molecule has 2 aromatic rings. The smallest absolute Gasteiger partial charge is 0.310 e. The Morgan fingerprint density at radius 2 is 2.17 bits per heavy atom. The van der Waals surface area contributed by atoms with Gasteiger partial charge in [0.05, 0.1) is 16.4 Å². The van der Waals surface area contributed by atoms with E-state index in [1.165, 1.54) is 0 Å². The molecule has 0 spiro atoms. The maximum absolute atomic E-state index is 12.2. The van der Waals surface area contributed by atoms with E-state index in [0.29, 0.717) is 18.5 Å². The number of carbonyl (C=O) groups excluding carboxylic acids is 1. The Kier molecular flexibility index (Phi) is 4.55. The summed E-state index contributed by atoms with van der Waals surface area (Å²) in [6, 6.07) is 5.52. The van der Waals surface area contributed by atoms with Gasteiger partial charge in [0.25, 0.3) is 0 Å². The molecule has 3 rings (SSSR count). The summed E-state index contributed by atoms with van der Waals surface area (Å²) >= 11 is 0. The molecule has 0 atom stereocenters. The predicted octanol–water partition coefficient (Wildman–Crippen LogP) is 3.49. The molecule has 1 aliphatic carbocycles. The number of aliphatic carboxylic acids is 1. The Balaban J connectivity index is 1.68. The van der Waals surface area contributed by atoms with E-state index in [1.54, 1.807) is 6.07 Å². The van der Waals surface area contributed by atoms with Gasteiger partial charge in [-0.2, -0.15) is 0 Å². The van der Waals surface area contributed by atoms with E-state index in [-0.39, 0.29) is 12.3 Å². The number of hydrogen-bond donors (Lipinski definition) is 3. The lowest BCUT2D eigenvalue weighted by atomic mass is 9.66. The molecule has 1 saturated carbocycles. The lowest BCUT2D eigenvalue weighted by Gasteiger charge is -2.36. The highest BCUT2D eigenvalue weighted by molar-refractivity contribution is 5.96. The van der Waals surface area contributed by atoms with Gasteiger partial charge in [0, 0.05) is 18.5 Å². The third kappa shape index (κ3) is 3.27. The molecule has 1 aromatic heterocycles. The van der Waals surface area contributed by atoms with Crippen LogP contribution in [-0.2, 0) is 16.0 Å². The van der Waals surface area contributed by atoms with Crippen molar-refractivity contribution in [3.05, 3.63) is 24.0 Å². The molecule has 1 amide bonds. The van der Waals surface area contributed by atoms with Crippen LogP contribution in [0.2, 0.25) is 0 Å². The Labute approximate surface area is 140 Å². The van der Waals surface area contributed by atoms with Crippen molar-refractivity contribution >= 4 is 28.6 Å². The van der Waals surface area contributed by atoms with E-state index < -0.39 is 11.4 Å². The Bertz CT molecular complexity index is 762. The number of benzene rings is 1. The average Bonchev–Trinajstić information content (AvgIpc) is 2.90. The van der Waals surface area contributed by atoms with Gasteiger partial charge in [0.15, 0.2) is 0 Å². The number of aromatic nitrogens is 2. The number of unbranched alkanes of at least 4 members (excludes halogenated alkanes) is 1. The molecule has 0 radical (unpaired) electrons. The molecule has 128 valence electrons. The fourth-order valence-corrected chi connectivity index (χ4v) is 3.19. The average molecular weight is 329 g/mol. The number of aromatic amines is 1. The summed E-state index contributed by atoms with van der Waals surface area (Å²) in [6.45, 7) is 2.14. The highest BCUT2D eigenvalue weighted by atomic mass is 16.4. The SMILES string of the molecule is CCCCc1nc2ccc(NC(=O)CC3(C(=O)O)CCC3)cc2[nH]1. The summed E-state index contributed by atoms with van der Waals surface area (Å²) in [6.07, 6.45) is 5.18. The van der Waals surface area contributed by atoms with Gasteiger partial charge in [-0.05, 0) is 37.5 Å². The van der Waals surface area contributed by atoms with Crippen molar-refractivity contribution < 1.29 is 14.7 Å². The number of imidazole rings is 1. The lowest BCUT2D eigenvalue weighted by molar-refractivity contribution is -0.157. The number of anilines is 1. The first-order valence-electron chi connectivity index (χ1n) is 8.54. The van der Waals surface area contributed by atoms with Crippen LogP contribution in [0.25, 0.3) is 11.0 Å². The molecular weight excluding hydrogens is 306 g/mol. The zero-order valence-corrected chi connectivity index (χ0v) is 13.9. The number of fused-ring (bicyclic) bond motifs is 1. The minimum Gasteiger partial charge on any atom is -0.481 e. The van der Waals surface area contributed by atoms with Gasteiger partial charge < -0.3 is 15.4 Å². The molecule has 1 aliphatic rings. The van der Waals surface area contributed by atoms with Crippen LogP contribution in [0.5, 0.6) is 0 Å². The van der Waals surface area contributed by atoms with Crippen LogP contribution < -0.4 is 5.32 Å². The van der Waals surface area contributed by atoms with Crippen molar-refractivity contribution in [2.24, 2.45) is 5.41 Å². The second kappa shape index (κ2) is 6.63. The van der Waals surface area contributed by atoms with Crippen molar-refractivity contribution in [3.63, 3.8) is 0 Å². The molecule has 3 N–H and O–H groups in total. The van der Waals surface area contributed by atoms with E-state index in [1.807, 2.05) is 12.1 Å². The highest BCUT2D eigenvalue weighted by Gasteiger charge is 2.45. The lowest BCUT2D eigenvalue weighted by Crippen LogP contribution is -2.41. The third-order valence-corrected chi connectivity index (χ3v) is 4.85. The summed E-state index contributed by atoms with van der Waals surface area (Å²) in [5, 5.41) is 12.1. The maximum Gasteiger partial charge on any atom is 0.310 e. The van der Waals surface area contributed by atoms with E-state index in [0.717, 1.165) is 42.5 Å². The van der Waals surface area contributed by atoms with Gasteiger partial charge >= 0.3 is 5.97 Å². The molecule has 24 heavy (non-hydrogen) atoms. The van der Waals surface area contributed by atoms with Crippen molar-refractivity contribution in [1.82, 2.24) is 9.97 Å². The molecule has 0 saturated heterocycles. The zero-order chi connectivity index (χ0) is 17.2. The van der Waals surface area contributed by atoms with E-state index in [2.05, 4.69) is 22.2 Å². The number of nitrogens with zero attached hydrogens (tertiary/aromatic N) is 1. The highest BCUT2D eigenvalue weighted by Crippen LogP contribution is 2.44. The third-order valence-electron chi connectivity index (χ3n) is 4.85. The topological polar surface area (TPSA) is 95.1 Å². The van der Waals surface area contributed by atoms with Gasteiger partial charge in [0.1, 0.15) is 5.82 Å². The Morgan fingerprint density at radius 3 is 2.79 bits per heavy atom. The van der Waals surface area contributed by atoms with Gasteiger partial charge in [-0.1, -0.05) is 19.8 Å². The molecule has 6 nitrogen and oxygen atoms in total. The van der Waals surface area contributed by atoms with E-state index >= 15 is 0 Å². The van der Waals surface area contributed by atoms with Gasteiger partial charge in [-0.3, -0.25) is 9.59 Å². The standard InChI is InChI=1S/C18H23N3O3/c1-2-3-5-15-20-13-7-6-12(10-14(13)21-15)19-16(22)11-18(17(23)24)8-4-9-18/h6-7,10H,2-5,8-9,11H2,1H3,(H,19,22)(H,20,21)(H,23,24). The second-order valence-corrected chi connectivity index (χ2v) is 6.68. The number of amides is 1. The molecule has 0 bridgehead atoms. The van der Waals surface area contributed by atoms with Crippen LogP contribution in [0.1, 0.15) is 51.3 Å². The van der Waals surface area contributed by atoms with Crippen molar-refractivity contribution in [2.75, 3.05) is 5.32 Å².